The highest BCUT2D eigenvalue weighted by Crippen LogP contribution is 2.35. The fourth-order valence-corrected chi connectivity index (χ4v) is 2.84. The number of hydrogen-bond acceptors (Lipinski definition) is 8. The smallest absolute Gasteiger partial charge is 0.337 e. The van der Waals surface area contributed by atoms with Crippen LogP contribution in [0.1, 0.15) is 5.56 Å². The monoisotopic (exact) mass is 395 g/mol. The van der Waals surface area contributed by atoms with Gasteiger partial charge in [0.05, 0.1) is 45.7 Å². The maximum Gasteiger partial charge on any atom is 0.337 e. The van der Waals surface area contributed by atoms with Crippen molar-refractivity contribution in [2.24, 2.45) is 5.73 Å². The Hall–Kier alpha value is -2.85. The van der Waals surface area contributed by atoms with Crippen molar-refractivity contribution in [3.8, 4) is 11.5 Å². The van der Waals surface area contributed by atoms with Crippen LogP contribution in [0.2, 0.25) is 0 Å². The summed E-state index contributed by atoms with van der Waals surface area (Å²) in [5, 5.41) is 12.1. The van der Waals surface area contributed by atoms with Gasteiger partial charge < -0.3 is 35.3 Å². The van der Waals surface area contributed by atoms with E-state index >= 15 is 0 Å². The van der Waals surface area contributed by atoms with E-state index in [2.05, 4.69) is 5.32 Å². The minimum atomic E-state index is -0.649. The van der Waals surface area contributed by atoms with Gasteiger partial charge in [0.25, 0.3) is 5.91 Å². The van der Waals surface area contributed by atoms with Crippen LogP contribution in [0, 0.1) is 0 Å². The van der Waals surface area contributed by atoms with Gasteiger partial charge in [-0.1, -0.05) is 12.2 Å². The van der Waals surface area contributed by atoms with Gasteiger partial charge in [-0.2, -0.15) is 0 Å². The Morgan fingerprint density at radius 1 is 1.30 bits per heavy atom. The van der Waals surface area contributed by atoms with Crippen LogP contribution in [-0.2, 0) is 14.3 Å². The van der Waals surface area contributed by atoms with Crippen LogP contribution >= 0.6 is 12.2 Å². The lowest BCUT2D eigenvalue weighted by Gasteiger charge is -2.17. The number of ether oxygens (including phenoxy) is 3. The normalized spacial score (nSPS) is 13.6. The van der Waals surface area contributed by atoms with Gasteiger partial charge in [0.2, 0.25) is 0 Å². The third-order valence-corrected chi connectivity index (χ3v) is 4.22. The van der Waals surface area contributed by atoms with Crippen LogP contribution in [0.3, 0.4) is 0 Å². The van der Waals surface area contributed by atoms with Crippen LogP contribution in [0.4, 0.5) is 5.69 Å². The molecule has 0 spiro atoms. The predicted molar refractivity (Wildman–Crippen MR) is 102 cm³/mol. The van der Waals surface area contributed by atoms with Gasteiger partial charge in [0.1, 0.15) is 10.7 Å². The van der Waals surface area contributed by atoms with Crippen LogP contribution in [0.15, 0.2) is 23.4 Å². The molecule has 1 aliphatic rings. The average Bonchev–Trinajstić information content (AvgIpc) is 2.96. The molecule has 0 saturated heterocycles. The Bertz CT molecular complexity index is 808. The van der Waals surface area contributed by atoms with Crippen molar-refractivity contribution < 1.29 is 28.9 Å². The zero-order valence-electron chi connectivity index (χ0n) is 15.2. The molecule has 0 unspecified atom stereocenters. The number of nitrogens with two attached hydrogens (primary N) is 1. The highest BCUT2D eigenvalue weighted by molar-refractivity contribution is 7.80. The van der Waals surface area contributed by atoms with Crippen LogP contribution < -0.4 is 20.5 Å². The Kier molecular flexibility index (Phi) is 6.59. The Balaban J connectivity index is 2.53. The second-order valence-electron chi connectivity index (χ2n) is 5.54. The molecule has 1 aliphatic heterocycles. The number of rotatable bonds is 8. The second-order valence-corrected chi connectivity index (χ2v) is 5.98. The summed E-state index contributed by atoms with van der Waals surface area (Å²) < 4.78 is 15.3. The Labute approximate surface area is 161 Å². The number of carbonyl (C=O) groups excluding carboxylic acids is 2. The summed E-state index contributed by atoms with van der Waals surface area (Å²) in [6.07, 6.45) is 0. The van der Waals surface area contributed by atoms with Gasteiger partial charge in [-0.25, -0.2) is 4.79 Å². The predicted octanol–water partition coefficient (Wildman–Crippen LogP) is 0.0115. The third kappa shape index (κ3) is 4.12. The first-order chi connectivity index (χ1) is 12.9. The molecule has 9 nitrogen and oxygen atoms in total. The lowest BCUT2D eigenvalue weighted by Crippen LogP contribution is -2.31. The van der Waals surface area contributed by atoms with Crippen LogP contribution in [0.25, 0.3) is 0 Å². The Morgan fingerprint density at radius 2 is 1.93 bits per heavy atom. The minimum absolute atomic E-state index is 0.0180. The van der Waals surface area contributed by atoms with Gasteiger partial charge in [0, 0.05) is 18.2 Å². The topological polar surface area (TPSA) is 123 Å². The van der Waals surface area contributed by atoms with E-state index in [0.29, 0.717) is 22.7 Å². The van der Waals surface area contributed by atoms with E-state index in [1.165, 1.54) is 26.2 Å². The number of esters is 1. The number of thiocarbonyl (C=S) groups is 1. The molecule has 0 fully saturated rings. The number of β-amino-alcohol motifs (C(OH)–C–C–N with tert-alkyl or cyclic N) is 1. The summed E-state index contributed by atoms with van der Waals surface area (Å²) in [6, 6.07) is 3.14. The number of aliphatic hydroxyl groups is 1. The summed E-state index contributed by atoms with van der Waals surface area (Å²) in [4.78, 5) is 26.1. The molecule has 1 heterocycles. The Morgan fingerprint density at radius 3 is 2.44 bits per heavy atom. The zero-order chi connectivity index (χ0) is 20.1. The molecule has 0 atom stereocenters. The molecule has 1 aromatic carbocycles. The average molecular weight is 395 g/mol. The third-order valence-electron chi connectivity index (χ3n) is 4.00. The maximum atomic E-state index is 12.7. The molecule has 10 heteroatoms. The molecule has 0 radical (unpaired) electrons. The number of nitrogens with zero attached hydrogens (tertiary/aromatic N) is 1. The SMILES string of the molecule is COC(=O)C1=C(Nc2cc(OC)c(OC)cc2C(N)=S)C(=O)N(CCO)C1. The molecule has 0 aliphatic carbocycles. The molecule has 146 valence electrons. The maximum absolute atomic E-state index is 12.7. The van der Waals surface area contributed by atoms with Gasteiger partial charge in [-0.15, -0.1) is 0 Å². The molecule has 2 rings (SSSR count). The number of hydrogen-bond donors (Lipinski definition) is 3. The van der Waals surface area contributed by atoms with E-state index in [4.69, 9.17) is 37.3 Å². The minimum Gasteiger partial charge on any atom is -0.493 e. The lowest BCUT2D eigenvalue weighted by molar-refractivity contribution is -0.136. The van der Waals surface area contributed by atoms with Gasteiger partial charge in [0.15, 0.2) is 11.5 Å². The quantitative estimate of drug-likeness (QED) is 0.412. The molecule has 0 aromatic heterocycles. The number of anilines is 1. The first kappa shape index (κ1) is 20.5. The fourth-order valence-electron chi connectivity index (χ4n) is 2.67. The summed E-state index contributed by atoms with van der Waals surface area (Å²) in [5.41, 5.74) is 6.74. The standard InChI is InChI=1S/C17H21N3O6S/c1-24-12-6-9(15(18)27)11(7-13(12)25-2)19-14-10(17(23)26-3)8-20(4-5-21)16(14)22/h6-7,19,21H,4-5,8H2,1-3H3,(H2,18,27). The molecule has 27 heavy (non-hydrogen) atoms. The van der Waals surface area contributed by atoms with Crippen molar-refractivity contribution in [1.29, 1.82) is 0 Å². The van der Waals surface area contributed by atoms with Gasteiger partial charge in [-0.05, 0) is 6.07 Å². The van der Waals surface area contributed by atoms with Crippen LogP contribution in [0.5, 0.6) is 11.5 Å². The fraction of sp³-hybridized carbons (Fsp3) is 0.353. The van der Waals surface area contributed by atoms with Crippen molar-refractivity contribution in [3.05, 3.63) is 29.0 Å². The highest BCUT2D eigenvalue weighted by Gasteiger charge is 2.35. The number of aliphatic hydroxyl groups excluding tert-OH is 1. The van der Waals surface area contributed by atoms with Crippen LogP contribution in [-0.4, -0.2) is 67.9 Å². The van der Waals surface area contributed by atoms with Crippen molar-refractivity contribution in [1.82, 2.24) is 4.90 Å². The molecule has 0 bridgehead atoms. The number of carbonyl (C=O) groups is 2. The van der Waals surface area contributed by atoms with Gasteiger partial charge >= 0.3 is 5.97 Å². The number of methoxy groups -OCH3 is 3. The van der Waals surface area contributed by atoms with E-state index < -0.39 is 11.9 Å². The molecule has 1 amide bonds. The summed E-state index contributed by atoms with van der Waals surface area (Å²) in [5.74, 6) is -0.303. The number of amides is 1. The number of benzene rings is 1. The van der Waals surface area contributed by atoms with Gasteiger partial charge in [-0.3, -0.25) is 4.79 Å². The highest BCUT2D eigenvalue weighted by atomic mass is 32.1. The molecule has 0 saturated carbocycles. The van der Waals surface area contributed by atoms with Crippen molar-refractivity contribution in [2.45, 2.75) is 0 Å². The molecular weight excluding hydrogens is 374 g/mol. The summed E-state index contributed by atoms with van der Waals surface area (Å²) in [7, 11) is 4.16. The molecule has 4 N–H and O–H groups in total. The molecular formula is C17H21N3O6S. The van der Waals surface area contributed by atoms with E-state index in [1.807, 2.05) is 0 Å². The van der Waals surface area contributed by atoms with E-state index in [0.717, 1.165) is 0 Å². The first-order valence-electron chi connectivity index (χ1n) is 7.92. The summed E-state index contributed by atoms with van der Waals surface area (Å²) in [6.45, 7) is -0.134. The zero-order valence-corrected chi connectivity index (χ0v) is 16.0. The first-order valence-corrected chi connectivity index (χ1v) is 8.33. The summed E-state index contributed by atoms with van der Waals surface area (Å²) >= 11 is 5.08. The van der Waals surface area contributed by atoms with Crippen molar-refractivity contribution in [3.63, 3.8) is 0 Å². The lowest BCUT2D eigenvalue weighted by atomic mass is 10.1. The van der Waals surface area contributed by atoms with E-state index in [-0.39, 0.29) is 36.0 Å². The second kappa shape index (κ2) is 8.69. The number of nitrogens with one attached hydrogen (secondary N) is 1. The van der Waals surface area contributed by atoms with Crippen molar-refractivity contribution >= 4 is 34.8 Å². The molecule has 1 aromatic rings. The largest absolute Gasteiger partial charge is 0.493 e. The van der Waals surface area contributed by atoms with E-state index in [1.54, 1.807) is 12.1 Å². The van der Waals surface area contributed by atoms with Crippen molar-refractivity contribution in [2.75, 3.05) is 46.3 Å². The van der Waals surface area contributed by atoms with E-state index in [9.17, 15) is 9.59 Å².